The van der Waals surface area contributed by atoms with Crippen molar-refractivity contribution in [3.8, 4) is 0 Å². The molecular formula is C22H34O4. The van der Waals surface area contributed by atoms with Crippen molar-refractivity contribution in [1.82, 2.24) is 0 Å². The molecule has 0 bridgehead atoms. The number of rotatable bonds is 0. The molecule has 0 amide bonds. The third-order valence-corrected chi connectivity index (χ3v) is 9.25. The van der Waals surface area contributed by atoms with Gasteiger partial charge in [-0.25, -0.2) is 0 Å². The van der Waals surface area contributed by atoms with Gasteiger partial charge in [0.2, 0.25) is 0 Å². The Labute approximate surface area is 157 Å². The van der Waals surface area contributed by atoms with Crippen molar-refractivity contribution in [2.45, 2.75) is 96.7 Å². The van der Waals surface area contributed by atoms with Crippen molar-refractivity contribution < 1.29 is 19.4 Å². The first kappa shape index (κ1) is 17.6. The summed E-state index contributed by atoms with van der Waals surface area (Å²) >= 11 is 0. The molecule has 5 rings (SSSR count). The molecule has 9 atom stereocenters. The molecule has 4 heteroatoms. The fourth-order valence-electron chi connectivity index (χ4n) is 8.01. The molecular weight excluding hydrogens is 328 g/mol. The molecule has 4 nitrogen and oxygen atoms in total. The van der Waals surface area contributed by atoms with Crippen molar-refractivity contribution in [2.24, 2.45) is 34.5 Å². The van der Waals surface area contributed by atoms with Crippen LogP contribution in [0, 0.1) is 34.5 Å². The van der Waals surface area contributed by atoms with E-state index in [1.54, 1.807) is 0 Å². The van der Waals surface area contributed by atoms with Gasteiger partial charge in [0.15, 0.2) is 5.79 Å². The summed E-state index contributed by atoms with van der Waals surface area (Å²) in [5.74, 6) is 1.59. The van der Waals surface area contributed by atoms with Crippen molar-refractivity contribution in [3.05, 3.63) is 0 Å². The lowest BCUT2D eigenvalue weighted by Gasteiger charge is -2.60. The highest BCUT2D eigenvalue weighted by atomic mass is 16.7. The molecule has 1 aliphatic heterocycles. The SMILES string of the molecule is CC1(C)O[C@H]2C[C@@H]3C(=O)C[C@@H]4[C@H](CC[C@]5(C)[C@@H](O)CC[C@@H]45)[C@@]3(C)C[C@H]2O1. The predicted octanol–water partition coefficient (Wildman–Crippen LogP) is 3.70. The minimum absolute atomic E-state index is 0.0246. The average Bonchev–Trinajstić information content (AvgIpc) is 3.00. The summed E-state index contributed by atoms with van der Waals surface area (Å²) in [7, 11) is 0. The zero-order valence-electron chi connectivity index (χ0n) is 16.7. The minimum atomic E-state index is -0.525. The first-order valence-corrected chi connectivity index (χ1v) is 10.7. The van der Waals surface area contributed by atoms with Gasteiger partial charge in [-0.2, -0.15) is 0 Å². The van der Waals surface area contributed by atoms with E-state index >= 15 is 0 Å². The van der Waals surface area contributed by atoms with Crippen molar-refractivity contribution in [3.63, 3.8) is 0 Å². The van der Waals surface area contributed by atoms with E-state index in [2.05, 4.69) is 13.8 Å². The van der Waals surface area contributed by atoms with Gasteiger partial charge in [-0.3, -0.25) is 4.79 Å². The van der Waals surface area contributed by atoms with Crippen molar-refractivity contribution in [2.75, 3.05) is 0 Å². The van der Waals surface area contributed by atoms with Crippen LogP contribution in [0.2, 0.25) is 0 Å². The van der Waals surface area contributed by atoms with Crippen LogP contribution in [-0.2, 0) is 14.3 Å². The van der Waals surface area contributed by atoms with E-state index in [-0.39, 0.29) is 35.1 Å². The van der Waals surface area contributed by atoms with Crippen LogP contribution in [0.1, 0.15) is 72.6 Å². The van der Waals surface area contributed by atoms with Crippen molar-refractivity contribution in [1.29, 1.82) is 0 Å². The Morgan fingerprint density at radius 2 is 1.65 bits per heavy atom. The Morgan fingerprint density at radius 3 is 2.42 bits per heavy atom. The van der Waals surface area contributed by atoms with Gasteiger partial charge in [0.25, 0.3) is 0 Å². The van der Waals surface area contributed by atoms with Crippen LogP contribution >= 0.6 is 0 Å². The number of ether oxygens (including phenoxy) is 2. The topological polar surface area (TPSA) is 55.8 Å². The Hall–Kier alpha value is -0.450. The molecule has 26 heavy (non-hydrogen) atoms. The van der Waals surface area contributed by atoms with Crippen LogP contribution in [0.4, 0.5) is 0 Å². The van der Waals surface area contributed by atoms with Gasteiger partial charge in [0.1, 0.15) is 5.78 Å². The molecule has 0 unspecified atom stereocenters. The van der Waals surface area contributed by atoms with Gasteiger partial charge in [-0.05, 0) is 81.0 Å². The lowest BCUT2D eigenvalue weighted by atomic mass is 9.44. The molecule has 0 spiro atoms. The molecule has 0 aromatic rings. The van der Waals surface area contributed by atoms with E-state index in [1.807, 2.05) is 13.8 Å². The predicted molar refractivity (Wildman–Crippen MR) is 97.3 cm³/mol. The Morgan fingerprint density at radius 1 is 0.962 bits per heavy atom. The maximum atomic E-state index is 13.3. The second-order valence-corrected chi connectivity index (χ2v) is 10.9. The third kappa shape index (κ3) is 2.21. The third-order valence-electron chi connectivity index (χ3n) is 9.25. The second-order valence-electron chi connectivity index (χ2n) is 10.9. The highest BCUT2D eigenvalue weighted by molar-refractivity contribution is 5.83. The van der Waals surface area contributed by atoms with Crippen LogP contribution in [-0.4, -0.2) is 35.0 Å². The summed E-state index contributed by atoms with van der Waals surface area (Å²) in [4.78, 5) is 13.3. The normalized spacial score (nSPS) is 57.9. The molecule has 5 fully saturated rings. The molecule has 1 heterocycles. The van der Waals surface area contributed by atoms with Gasteiger partial charge >= 0.3 is 0 Å². The molecule has 0 radical (unpaired) electrons. The van der Waals surface area contributed by atoms with Crippen LogP contribution in [0.5, 0.6) is 0 Å². The Kier molecular flexibility index (Phi) is 3.61. The summed E-state index contributed by atoms with van der Waals surface area (Å²) in [6.45, 7) is 8.63. The maximum absolute atomic E-state index is 13.3. The first-order chi connectivity index (χ1) is 12.1. The number of hydrogen-bond acceptors (Lipinski definition) is 4. The first-order valence-electron chi connectivity index (χ1n) is 10.7. The number of fused-ring (bicyclic) bond motifs is 6. The van der Waals surface area contributed by atoms with Gasteiger partial charge in [-0.15, -0.1) is 0 Å². The van der Waals surface area contributed by atoms with Crippen LogP contribution in [0.25, 0.3) is 0 Å². The fraction of sp³-hybridized carbons (Fsp3) is 0.955. The van der Waals surface area contributed by atoms with E-state index in [9.17, 15) is 9.90 Å². The standard InChI is InChI=1S/C22H34O4/c1-20(2)25-17-10-15-16(23)9-12-13-5-6-19(24)21(13,3)8-7-14(12)22(15,4)11-18(17)26-20/h12-15,17-19,24H,5-11H2,1-4H3/t12-,13-,14-,15+,17-,18+,19-,21-,22+/m0/s1. The molecule has 4 aliphatic carbocycles. The Bertz CT molecular complexity index is 630. The molecule has 4 saturated carbocycles. The van der Waals surface area contributed by atoms with Crippen LogP contribution in [0.3, 0.4) is 0 Å². The number of hydrogen-bond donors (Lipinski definition) is 1. The van der Waals surface area contributed by atoms with Gasteiger partial charge < -0.3 is 14.6 Å². The Balaban J connectivity index is 1.48. The molecule has 0 aromatic heterocycles. The van der Waals surface area contributed by atoms with E-state index in [0.29, 0.717) is 23.5 Å². The van der Waals surface area contributed by atoms with Gasteiger partial charge in [0.05, 0.1) is 18.3 Å². The number of carbonyl (C=O) groups excluding carboxylic acids is 1. The smallest absolute Gasteiger partial charge is 0.163 e. The minimum Gasteiger partial charge on any atom is -0.393 e. The summed E-state index contributed by atoms with van der Waals surface area (Å²) < 4.78 is 12.4. The van der Waals surface area contributed by atoms with Gasteiger partial charge in [0, 0.05) is 12.3 Å². The molecule has 1 N–H and O–H groups in total. The largest absolute Gasteiger partial charge is 0.393 e. The lowest BCUT2D eigenvalue weighted by molar-refractivity contribution is -0.165. The summed E-state index contributed by atoms with van der Waals surface area (Å²) in [6.07, 6.45) is 6.77. The number of Topliss-reactive ketones (excluding diaryl/α,β-unsaturated/α-hetero) is 1. The van der Waals surface area contributed by atoms with E-state index < -0.39 is 5.79 Å². The van der Waals surface area contributed by atoms with E-state index in [4.69, 9.17) is 9.47 Å². The van der Waals surface area contributed by atoms with Crippen molar-refractivity contribution >= 4 is 5.78 Å². The van der Waals surface area contributed by atoms with E-state index in [0.717, 1.165) is 44.9 Å². The zero-order chi connectivity index (χ0) is 18.5. The zero-order valence-corrected chi connectivity index (χ0v) is 16.7. The number of aliphatic hydroxyl groups excluding tert-OH is 1. The van der Waals surface area contributed by atoms with Crippen LogP contribution in [0.15, 0.2) is 0 Å². The summed E-state index contributed by atoms with van der Waals surface area (Å²) in [6, 6.07) is 0. The molecule has 5 aliphatic rings. The van der Waals surface area contributed by atoms with E-state index in [1.165, 1.54) is 0 Å². The number of carbonyl (C=O) groups is 1. The number of ketones is 1. The highest BCUT2D eigenvalue weighted by Gasteiger charge is 2.64. The monoisotopic (exact) mass is 362 g/mol. The van der Waals surface area contributed by atoms with Gasteiger partial charge in [-0.1, -0.05) is 13.8 Å². The lowest BCUT2D eigenvalue weighted by Crippen LogP contribution is -2.59. The quantitative estimate of drug-likeness (QED) is 0.714. The van der Waals surface area contributed by atoms with Crippen LogP contribution < -0.4 is 0 Å². The molecule has 1 saturated heterocycles. The second kappa shape index (κ2) is 5.33. The fourth-order valence-corrected chi connectivity index (χ4v) is 8.01. The summed E-state index contributed by atoms with van der Waals surface area (Å²) in [5, 5.41) is 10.6. The highest BCUT2D eigenvalue weighted by Crippen LogP contribution is 2.66. The molecule has 146 valence electrons. The summed E-state index contributed by atoms with van der Waals surface area (Å²) in [5.41, 5.74) is 0.0522. The average molecular weight is 363 g/mol. The number of aliphatic hydroxyl groups is 1. The molecule has 0 aromatic carbocycles. The maximum Gasteiger partial charge on any atom is 0.163 e.